The lowest BCUT2D eigenvalue weighted by molar-refractivity contribution is 0.0924. The number of hydrogen-bond donors (Lipinski definition) is 1. The molecule has 2 aromatic carbocycles. The Kier molecular flexibility index (Phi) is 4.33. The van der Waals surface area contributed by atoms with Crippen LogP contribution in [0.1, 0.15) is 16.2 Å². The molecule has 136 valence electrons. The van der Waals surface area contributed by atoms with Crippen LogP contribution in [-0.2, 0) is 6.54 Å². The normalized spacial score (nSPS) is 10.9. The van der Waals surface area contributed by atoms with Gasteiger partial charge in [-0.05, 0) is 24.3 Å². The quantitative estimate of drug-likeness (QED) is 0.574. The van der Waals surface area contributed by atoms with Crippen molar-refractivity contribution in [1.29, 1.82) is 0 Å². The molecule has 6 nitrogen and oxygen atoms in total. The van der Waals surface area contributed by atoms with Gasteiger partial charge in [0.15, 0.2) is 22.9 Å². The molecule has 0 spiro atoms. The molecule has 0 radical (unpaired) electrons. The third kappa shape index (κ3) is 3.27. The number of methoxy groups -OCH3 is 1. The van der Waals surface area contributed by atoms with Gasteiger partial charge in [0.2, 0.25) is 0 Å². The number of halogens is 1. The van der Waals surface area contributed by atoms with E-state index in [1.807, 2.05) is 12.1 Å². The summed E-state index contributed by atoms with van der Waals surface area (Å²) in [5.41, 5.74) is 1.29. The first-order valence-electron chi connectivity index (χ1n) is 8.21. The van der Waals surface area contributed by atoms with Gasteiger partial charge >= 0.3 is 0 Å². The molecule has 0 aliphatic heterocycles. The average molecular weight is 366 g/mol. The number of amides is 1. The molecule has 7 heteroatoms. The lowest BCUT2D eigenvalue weighted by Crippen LogP contribution is -2.22. The van der Waals surface area contributed by atoms with E-state index in [0.29, 0.717) is 28.4 Å². The summed E-state index contributed by atoms with van der Waals surface area (Å²) in [7, 11) is 1.54. The molecular weight excluding hydrogens is 351 g/mol. The van der Waals surface area contributed by atoms with Gasteiger partial charge in [0.1, 0.15) is 11.5 Å². The van der Waals surface area contributed by atoms with Crippen molar-refractivity contribution in [3.63, 3.8) is 0 Å². The molecule has 4 aromatic rings. The van der Waals surface area contributed by atoms with E-state index in [1.165, 1.54) is 13.2 Å². The van der Waals surface area contributed by atoms with Crippen molar-refractivity contribution in [1.82, 2.24) is 10.5 Å². The maximum absolute atomic E-state index is 13.8. The smallest absolute Gasteiger partial charge is 0.287 e. The van der Waals surface area contributed by atoms with Crippen LogP contribution in [0.25, 0.3) is 22.3 Å². The van der Waals surface area contributed by atoms with Gasteiger partial charge in [-0.15, -0.1) is 0 Å². The Morgan fingerprint density at radius 2 is 2.04 bits per heavy atom. The van der Waals surface area contributed by atoms with E-state index in [-0.39, 0.29) is 12.3 Å². The second-order valence-corrected chi connectivity index (χ2v) is 5.83. The zero-order valence-electron chi connectivity index (χ0n) is 14.4. The molecular formula is C20H15FN2O4. The fourth-order valence-corrected chi connectivity index (χ4v) is 2.75. The van der Waals surface area contributed by atoms with Gasteiger partial charge in [-0.2, -0.15) is 0 Å². The van der Waals surface area contributed by atoms with Gasteiger partial charge in [-0.25, -0.2) is 4.39 Å². The minimum Gasteiger partial charge on any atom is -0.493 e. The number of hydrogen-bond acceptors (Lipinski definition) is 5. The van der Waals surface area contributed by atoms with E-state index in [2.05, 4.69) is 10.5 Å². The van der Waals surface area contributed by atoms with Crippen LogP contribution in [0, 0.1) is 5.82 Å². The van der Waals surface area contributed by atoms with Crippen molar-refractivity contribution in [3.05, 3.63) is 71.9 Å². The van der Waals surface area contributed by atoms with Crippen molar-refractivity contribution in [2.24, 2.45) is 0 Å². The number of ether oxygens (including phenoxy) is 1. The SMILES string of the molecule is COc1cccc2cc(C(=O)NCc3cc(-c4ccccc4F)on3)oc12. The zero-order chi connectivity index (χ0) is 18.8. The summed E-state index contributed by atoms with van der Waals surface area (Å²) < 4.78 is 29.8. The van der Waals surface area contributed by atoms with Crippen LogP contribution in [0.2, 0.25) is 0 Å². The van der Waals surface area contributed by atoms with E-state index in [4.69, 9.17) is 13.7 Å². The largest absolute Gasteiger partial charge is 0.493 e. The van der Waals surface area contributed by atoms with Crippen LogP contribution in [-0.4, -0.2) is 18.2 Å². The predicted molar refractivity (Wildman–Crippen MR) is 95.8 cm³/mol. The highest BCUT2D eigenvalue weighted by molar-refractivity contribution is 5.97. The summed E-state index contributed by atoms with van der Waals surface area (Å²) in [6, 6.07) is 14.9. The molecule has 0 aliphatic carbocycles. The standard InChI is InChI=1S/C20H15FN2O4/c1-25-16-8-4-5-12-9-18(26-19(12)16)20(24)22-11-13-10-17(27-23-13)14-6-2-3-7-15(14)21/h2-10H,11H2,1H3,(H,22,24). The highest BCUT2D eigenvalue weighted by Gasteiger charge is 2.16. The van der Waals surface area contributed by atoms with Crippen molar-refractivity contribution in [2.45, 2.75) is 6.54 Å². The minimum atomic E-state index is -0.402. The van der Waals surface area contributed by atoms with Crippen LogP contribution in [0.15, 0.2) is 63.5 Å². The summed E-state index contributed by atoms with van der Waals surface area (Å²) in [6.07, 6.45) is 0. The van der Waals surface area contributed by atoms with Gasteiger partial charge in [0.05, 0.1) is 19.2 Å². The molecule has 0 atom stereocenters. The number of rotatable bonds is 5. The number of fused-ring (bicyclic) bond motifs is 1. The maximum Gasteiger partial charge on any atom is 0.287 e. The summed E-state index contributed by atoms with van der Waals surface area (Å²) in [4.78, 5) is 12.4. The fourth-order valence-electron chi connectivity index (χ4n) is 2.75. The van der Waals surface area contributed by atoms with Crippen LogP contribution < -0.4 is 10.1 Å². The minimum absolute atomic E-state index is 0.116. The van der Waals surface area contributed by atoms with Crippen molar-refractivity contribution in [3.8, 4) is 17.1 Å². The van der Waals surface area contributed by atoms with E-state index >= 15 is 0 Å². The molecule has 0 bridgehead atoms. The number of furan rings is 1. The third-order valence-corrected chi connectivity index (χ3v) is 4.08. The molecule has 0 fully saturated rings. The summed E-state index contributed by atoms with van der Waals surface area (Å²) in [5, 5.41) is 7.33. The molecule has 2 heterocycles. The van der Waals surface area contributed by atoms with E-state index in [1.54, 1.807) is 36.4 Å². The molecule has 0 unspecified atom stereocenters. The van der Waals surface area contributed by atoms with E-state index in [9.17, 15) is 9.18 Å². The van der Waals surface area contributed by atoms with E-state index < -0.39 is 11.7 Å². The Labute approximate surface area is 153 Å². The average Bonchev–Trinajstić information content (AvgIpc) is 3.33. The first kappa shape index (κ1) is 16.8. The highest BCUT2D eigenvalue weighted by atomic mass is 19.1. The van der Waals surface area contributed by atoms with Crippen LogP contribution in [0.5, 0.6) is 5.75 Å². The van der Waals surface area contributed by atoms with Gasteiger partial charge in [-0.1, -0.05) is 29.4 Å². The second-order valence-electron chi connectivity index (χ2n) is 5.83. The third-order valence-electron chi connectivity index (χ3n) is 4.08. The van der Waals surface area contributed by atoms with Crippen LogP contribution in [0.3, 0.4) is 0 Å². The maximum atomic E-state index is 13.8. The molecule has 1 amide bonds. The highest BCUT2D eigenvalue weighted by Crippen LogP contribution is 2.28. The molecule has 0 aliphatic rings. The van der Waals surface area contributed by atoms with Crippen LogP contribution >= 0.6 is 0 Å². The van der Waals surface area contributed by atoms with Crippen molar-refractivity contribution >= 4 is 16.9 Å². The Bertz CT molecular complexity index is 1120. The van der Waals surface area contributed by atoms with Crippen molar-refractivity contribution in [2.75, 3.05) is 7.11 Å². The number of aromatic nitrogens is 1. The van der Waals surface area contributed by atoms with Crippen LogP contribution in [0.4, 0.5) is 4.39 Å². The van der Waals surface area contributed by atoms with Gasteiger partial charge in [-0.3, -0.25) is 4.79 Å². The lowest BCUT2D eigenvalue weighted by atomic mass is 10.1. The second kappa shape index (κ2) is 6.95. The number of para-hydroxylation sites is 1. The molecule has 1 N–H and O–H groups in total. The summed E-state index contributed by atoms with van der Waals surface area (Å²) in [6.45, 7) is 0.116. The molecule has 4 rings (SSSR count). The lowest BCUT2D eigenvalue weighted by Gasteiger charge is -2.00. The number of nitrogens with zero attached hydrogens (tertiary/aromatic N) is 1. The first-order chi connectivity index (χ1) is 13.2. The fraction of sp³-hybridized carbons (Fsp3) is 0.100. The Morgan fingerprint density at radius 3 is 2.85 bits per heavy atom. The monoisotopic (exact) mass is 366 g/mol. The molecule has 2 aromatic heterocycles. The Balaban J connectivity index is 1.48. The first-order valence-corrected chi connectivity index (χ1v) is 8.21. The van der Waals surface area contributed by atoms with Gasteiger partial charge in [0.25, 0.3) is 5.91 Å². The van der Waals surface area contributed by atoms with E-state index in [0.717, 1.165) is 5.39 Å². The Morgan fingerprint density at radius 1 is 1.19 bits per heavy atom. The summed E-state index contributed by atoms with van der Waals surface area (Å²) >= 11 is 0. The number of nitrogens with one attached hydrogen (secondary N) is 1. The topological polar surface area (TPSA) is 77.5 Å². The van der Waals surface area contributed by atoms with Gasteiger partial charge in [0, 0.05) is 11.5 Å². The van der Waals surface area contributed by atoms with Crippen molar-refractivity contribution < 1.29 is 22.9 Å². The number of benzene rings is 2. The molecule has 0 saturated carbocycles. The number of carbonyl (C=O) groups excluding carboxylic acids is 1. The molecule has 0 saturated heterocycles. The van der Waals surface area contributed by atoms with Gasteiger partial charge < -0.3 is 19.0 Å². The predicted octanol–water partition coefficient (Wildman–Crippen LogP) is 4.17. The summed E-state index contributed by atoms with van der Waals surface area (Å²) in [5.74, 6) is 0.208. The number of carbonyl (C=O) groups is 1. The molecule has 27 heavy (non-hydrogen) atoms. The Hall–Kier alpha value is -3.61. The zero-order valence-corrected chi connectivity index (χ0v) is 14.4.